The van der Waals surface area contributed by atoms with E-state index in [1.165, 1.54) is 25.7 Å². The molecular weight excluding hydrogens is 364 g/mol. The van der Waals surface area contributed by atoms with E-state index in [0.29, 0.717) is 18.2 Å². The molecule has 1 aliphatic rings. The van der Waals surface area contributed by atoms with Crippen LogP contribution < -0.4 is 0 Å². The number of hydrogen-bond donors (Lipinski definition) is 1. The molecule has 1 fully saturated rings. The Morgan fingerprint density at radius 2 is 1.97 bits per heavy atom. The molecular formula is C23H28N4O2. The predicted molar refractivity (Wildman–Crippen MR) is 114 cm³/mol. The monoisotopic (exact) mass is 392 g/mol. The standard InChI is InChI=1S/C23H28N4O2/c1-26(18-8-4-2-3-5-9-18)23(29)20-14-22(17-15-24-27(16-17)12-13-28)25-21-11-7-6-10-19(20)21/h6-7,10-11,14-16,18,28H,2-5,8-9,12-13H2,1H3. The number of pyridine rings is 1. The van der Waals surface area contributed by atoms with Gasteiger partial charge < -0.3 is 10.0 Å². The van der Waals surface area contributed by atoms with Gasteiger partial charge in [0, 0.05) is 30.2 Å². The van der Waals surface area contributed by atoms with E-state index in [0.717, 1.165) is 35.0 Å². The van der Waals surface area contributed by atoms with Crippen molar-refractivity contribution in [2.75, 3.05) is 13.7 Å². The number of aliphatic hydroxyl groups is 1. The van der Waals surface area contributed by atoms with Crippen molar-refractivity contribution in [1.29, 1.82) is 0 Å². The number of nitrogens with zero attached hydrogens (tertiary/aromatic N) is 4. The summed E-state index contributed by atoms with van der Waals surface area (Å²) in [5.41, 5.74) is 3.06. The number of aromatic nitrogens is 3. The highest BCUT2D eigenvalue weighted by Crippen LogP contribution is 2.28. The van der Waals surface area contributed by atoms with E-state index in [1.54, 1.807) is 10.9 Å². The summed E-state index contributed by atoms with van der Waals surface area (Å²) in [5.74, 6) is 0.0551. The molecule has 0 radical (unpaired) electrons. The van der Waals surface area contributed by atoms with E-state index in [2.05, 4.69) is 5.10 Å². The highest BCUT2D eigenvalue weighted by molar-refractivity contribution is 6.07. The van der Waals surface area contributed by atoms with Crippen LogP contribution in [0.2, 0.25) is 0 Å². The van der Waals surface area contributed by atoms with Crippen LogP contribution in [0, 0.1) is 0 Å². The molecule has 0 spiro atoms. The van der Waals surface area contributed by atoms with Crippen molar-refractivity contribution in [3.05, 3.63) is 48.3 Å². The first-order valence-electron chi connectivity index (χ1n) is 10.5. The second-order valence-corrected chi connectivity index (χ2v) is 7.85. The molecule has 152 valence electrons. The zero-order valence-electron chi connectivity index (χ0n) is 16.9. The van der Waals surface area contributed by atoms with E-state index in [9.17, 15) is 4.79 Å². The minimum atomic E-state index is 0.0299. The quantitative estimate of drug-likeness (QED) is 0.669. The maximum absolute atomic E-state index is 13.5. The summed E-state index contributed by atoms with van der Waals surface area (Å²) in [5, 5.41) is 14.3. The van der Waals surface area contributed by atoms with Crippen LogP contribution in [0.1, 0.15) is 48.9 Å². The molecule has 0 bridgehead atoms. The number of hydrogen-bond acceptors (Lipinski definition) is 4. The molecule has 1 N–H and O–H groups in total. The van der Waals surface area contributed by atoms with Crippen LogP contribution >= 0.6 is 0 Å². The third-order valence-electron chi connectivity index (χ3n) is 5.90. The third-order valence-corrected chi connectivity index (χ3v) is 5.90. The SMILES string of the molecule is CN(C(=O)c1cc(-c2cnn(CCO)c2)nc2ccccc12)C1CCCCCC1. The van der Waals surface area contributed by atoms with Gasteiger partial charge in [-0.3, -0.25) is 9.48 Å². The van der Waals surface area contributed by atoms with Crippen LogP contribution in [0.4, 0.5) is 0 Å². The molecule has 0 unspecified atom stereocenters. The van der Waals surface area contributed by atoms with Crippen LogP contribution in [0.3, 0.4) is 0 Å². The zero-order valence-corrected chi connectivity index (χ0v) is 16.9. The van der Waals surface area contributed by atoms with E-state index >= 15 is 0 Å². The second kappa shape index (κ2) is 8.74. The van der Waals surface area contributed by atoms with Crippen LogP contribution in [-0.2, 0) is 6.54 Å². The van der Waals surface area contributed by atoms with Gasteiger partial charge in [0.15, 0.2) is 0 Å². The van der Waals surface area contributed by atoms with E-state index in [1.807, 2.05) is 48.5 Å². The molecule has 0 atom stereocenters. The Morgan fingerprint density at radius 1 is 1.21 bits per heavy atom. The lowest BCUT2D eigenvalue weighted by Gasteiger charge is -2.28. The molecule has 6 nitrogen and oxygen atoms in total. The average molecular weight is 393 g/mol. The molecule has 1 saturated carbocycles. The first-order chi connectivity index (χ1) is 14.2. The lowest BCUT2D eigenvalue weighted by molar-refractivity contribution is 0.0719. The largest absolute Gasteiger partial charge is 0.394 e. The Hall–Kier alpha value is -2.73. The number of carbonyl (C=O) groups is 1. The van der Waals surface area contributed by atoms with Crippen LogP contribution in [0.5, 0.6) is 0 Å². The Morgan fingerprint density at radius 3 is 2.72 bits per heavy atom. The minimum absolute atomic E-state index is 0.0299. The number of benzene rings is 1. The molecule has 4 rings (SSSR count). The van der Waals surface area contributed by atoms with E-state index in [4.69, 9.17) is 10.1 Å². The molecule has 2 heterocycles. The first-order valence-corrected chi connectivity index (χ1v) is 10.5. The van der Waals surface area contributed by atoms with Crippen LogP contribution in [0.25, 0.3) is 22.2 Å². The van der Waals surface area contributed by atoms with Crippen molar-refractivity contribution in [3.8, 4) is 11.3 Å². The number of amides is 1. The van der Waals surface area contributed by atoms with Gasteiger partial charge in [-0.15, -0.1) is 0 Å². The summed E-state index contributed by atoms with van der Waals surface area (Å²) in [6, 6.07) is 9.99. The smallest absolute Gasteiger partial charge is 0.254 e. The van der Waals surface area contributed by atoms with Gasteiger partial charge in [0.05, 0.1) is 36.1 Å². The Kier molecular flexibility index (Phi) is 5.90. The molecule has 1 amide bonds. The zero-order chi connectivity index (χ0) is 20.2. The van der Waals surface area contributed by atoms with Crippen molar-refractivity contribution >= 4 is 16.8 Å². The maximum Gasteiger partial charge on any atom is 0.254 e. The highest BCUT2D eigenvalue weighted by atomic mass is 16.3. The average Bonchev–Trinajstić information content (AvgIpc) is 3.05. The van der Waals surface area contributed by atoms with Gasteiger partial charge in [-0.2, -0.15) is 5.10 Å². The fraction of sp³-hybridized carbons (Fsp3) is 0.435. The summed E-state index contributed by atoms with van der Waals surface area (Å²) in [6.45, 7) is 0.464. The Balaban J connectivity index is 1.72. The number of aliphatic hydroxyl groups excluding tert-OH is 1. The Bertz CT molecular complexity index is 989. The third kappa shape index (κ3) is 4.17. The normalized spacial score (nSPS) is 15.4. The maximum atomic E-state index is 13.5. The fourth-order valence-corrected chi connectivity index (χ4v) is 4.22. The van der Waals surface area contributed by atoms with Crippen LogP contribution in [0.15, 0.2) is 42.7 Å². The number of para-hydroxylation sites is 1. The molecule has 6 heteroatoms. The van der Waals surface area contributed by atoms with Gasteiger partial charge in [-0.05, 0) is 25.0 Å². The van der Waals surface area contributed by atoms with Gasteiger partial charge in [-0.1, -0.05) is 43.9 Å². The second-order valence-electron chi connectivity index (χ2n) is 7.85. The van der Waals surface area contributed by atoms with E-state index < -0.39 is 0 Å². The number of rotatable bonds is 5. The lowest BCUT2D eigenvalue weighted by atomic mass is 10.0. The molecule has 0 saturated heterocycles. The van der Waals surface area contributed by atoms with Gasteiger partial charge in [0.1, 0.15) is 0 Å². The van der Waals surface area contributed by atoms with Gasteiger partial charge in [0.25, 0.3) is 5.91 Å². The molecule has 2 aromatic heterocycles. The summed E-state index contributed by atoms with van der Waals surface area (Å²) in [4.78, 5) is 20.2. The molecule has 3 aromatic rings. The molecule has 29 heavy (non-hydrogen) atoms. The topological polar surface area (TPSA) is 71.2 Å². The lowest BCUT2D eigenvalue weighted by Crippen LogP contribution is -2.36. The summed E-state index contributed by atoms with van der Waals surface area (Å²) in [7, 11) is 1.94. The highest BCUT2D eigenvalue weighted by Gasteiger charge is 2.24. The summed E-state index contributed by atoms with van der Waals surface area (Å²) >= 11 is 0. The molecule has 1 aliphatic carbocycles. The molecule has 0 aliphatic heterocycles. The van der Waals surface area contributed by atoms with Crippen molar-refractivity contribution in [1.82, 2.24) is 19.7 Å². The fourth-order valence-electron chi connectivity index (χ4n) is 4.22. The Labute approximate surface area is 171 Å². The number of fused-ring (bicyclic) bond motifs is 1. The van der Waals surface area contributed by atoms with Gasteiger partial charge in [-0.25, -0.2) is 4.98 Å². The van der Waals surface area contributed by atoms with Crippen molar-refractivity contribution in [3.63, 3.8) is 0 Å². The van der Waals surface area contributed by atoms with Gasteiger partial charge in [0.2, 0.25) is 0 Å². The number of carbonyl (C=O) groups excluding carboxylic acids is 1. The van der Waals surface area contributed by atoms with Gasteiger partial charge >= 0.3 is 0 Å². The van der Waals surface area contributed by atoms with Crippen molar-refractivity contribution in [2.45, 2.75) is 51.1 Å². The molecule has 1 aromatic carbocycles. The van der Waals surface area contributed by atoms with Crippen LogP contribution in [-0.4, -0.2) is 50.4 Å². The van der Waals surface area contributed by atoms with E-state index in [-0.39, 0.29) is 12.5 Å². The first kappa shape index (κ1) is 19.6. The summed E-state index contributed by atoms with van der Waals surface area (Å²) in [6.07, 6.45) is 10.6. The summed E-state index contributed by atoms with van der Waals surface area (Å²) < 4.78 is 1.69. The van der Waals surface area contributed by atoms with Crippen molar-refractivity contribution < 1.29 is 9.90 Å². The minimum Gasteiger partial charge on any atom is -0.394 e. The van der Waals surface area contributed by atoms with Crippen molar-refractivity contribution in [2.24, 2.45) is 0 Å². The predicted octanol–water partition coefficient (Wildman–Crippen LogP) is 3.89.